The SMILES string of the molecule is c1ccc(-c2ccc(-c3cc(-c4ccccc4-c4cccc5c4-c4ccccc4C54c5ccccc5-c5oc6ccccc6c54)nc(-c4ccccc4)n3)cc2)cc1. The van der Waals surface area contributed by atoms with Gasteiger partial charge in [-0.3, -0.25) is 0 Å². The maximum atomic E-state index is 6.76. The summed E-state index contributed by atoms with van der Waals surface area (Å²) in [6, 6.07) is 73.5. The molecule has 8 aromatic carbocycles. The highest BCUT2D eigenvalue weighted by Crippen LogP contribution is 2.66. The normalized spacial score (nSPS) is 14.6. The van der Waals surface area contributed by atoms with Crippen LogP contribution in [0.25, 0.3) is 89.6 Å². The van der Waals surface area contributed by atoms with Gasteiger partial charge in [0.25, 0.3) is 0 Å². The van der Waals surface area contributed by atoms with Gasteiger partial charge in [-0.15, -0.1) is 0 Å². The van der Waals surface area contributed by atoms with Crippen molar-refractivity contribution in [2.24, 2.45) is 0 Å². The highest BCUT2D eigenvalue weighted by atomic mass is 16.3. The summed E-state index contributed by atoms with van der Waals surface area (Å²) >= 11 is 0. The van der Waals surface area contributed by atoms with Crippen molar-refractivity contribution in [3.63, 3.8) is 0 Å². The van der Waals surface area contributed by atoms with Gasteiger partial charge in [0.2, 0.25) is 0 Å². The van der Waals surface area contributed by atoms with Crippen molar-refractivity contribution in [2.45, 2.75) is 5.41 Å². The molecule has 2 heterocycles. The maximum Gasteiger partial charge on any atom is 0.160 e. The van der Waals surface area contributed by atoms with E-state index in [1.54, 1.807) is 0 Å². The molecular formula is C55H34N2O. The smallest absolute Gasteiger partial charge is 0.160 e. The largest absolute Gasteiger partial charge is 0.456 e. The zero-order valence-electron chi connectivity index (χ0n) is 31.4. The lowest BCUT2D eigenvalue weighted by molar-refractivity contribution is 0.628. The minimum atomic E-state index is -0.538. The molecule has 3 nitrogen and oxygen atoms in total. The molecule has 10 aromatic rings. The highest BCUT2D eigenvalue weighted by molar-refractivity contribution is 6.05. The van der Waals surface area contributed by atoms with Gasteiger partial charge in [-0.2, -0.15) is 0 Å². The van der Waals surface area contributed by atoms with Crippen molar-refractivity contribution >= 4 is 11.0 Å². The van der Waals surface area contributed by atoms with Gasteiger partial charge in [0.05, 0.1) is 16.8 Å². The second-order valence-corrected chi connectivity index (χ2v) is 15.2. The topological polar surface area (TPSA) is 38.9 Å². The lowest BCUT2D eigenvalue weighted by Gasteiger charge is -2.30. The fraction of sp³-hybridized carbons (Fsp3) is 0.0182. The van der Waals surface area contributed by atoms with E-state index >= 15 is 0 Å². The Morgan fingerprint density at radius 2 is 0.897 bits per heavy atom. The highest BCUT2D eigenvalue weighted by Gasteiger charge is 2.54. The lowest BCUT2D eigenvalue weighted by atomic mass is 9.70. The third kappa shape index (κ3) is 4.68. The van der Waals surface area contributed by atoms with Crippen LogP contribution in [-0.2, 0) is 5.41 Å². The first-order valence-corrected chi connectivity index (χ1v) is 19.8. The monoisotopic (exact) mass is 738 g/mol. The summed E-state index contributed by atoms with van der Waals surface area (Å²) in [7, 11) is 0. The van der Waals surface area contributed by atoms with Gasteiger partial charge in [-0.1, -0.05) is 194 Å². The molecule has 0 fully saturated rings. The molecule has 0 aliphatic heterocycles. The summed E-state index contributed by atoms with van der Waals surface area (Å²) in [5.41, 5.74) is 18.5. The standard InChI is InChI=1S/C55H34N2O/c1-3-16-35(17-4-1)36-30-32-37(33-31-36)48-34-49(57-54(56-48)38-18-5-2-6-19-38)40-21-8-7-20-39(40)41-25-15-28-47-51(41)42-22-9-12-26-45(42)55(47)46-27-13-10-23-43(46)53-52(55)44-24-11-14-29-50(44)58-53/h1-34H. The summed E-state index contributed by atoms with van der Waals surface area (Å²) in [5.74, 6) is 1.66. The summed E-state index contributed by atoms with van der Waals surface area (Å²) < 4.78 is 6.76. The fourth-order valence-electron chi connectivity index (χ4n) is 9.72. The van der Waals surface area contributed by atoms with Gasteiger partial charge < -0.3 is 4.42 Å². The van der Waals surface area contributed by atoms with Crippen molar-refractivity contribution in [1.82, 2.24) is 9.97 Å². The summed E-state index contributed by atoms with van der Waals surface area (Å²) in [6.07, 6.45) is 0. The molecule has 0 saturated carbocycles. The fourth-order valence-corrected chi connectivity index (χ4v) is 9.72. The number of furan rings is 1. The van der Waals surface area contributed by atoms with Crippen molar-refractivity contribution in [2.75, 3.05) is 0 Å². The van der Waals surface area contributed by atoms with E-state index in [1.807, 2.05) is 18.2 Å². The van der Waals surface area contributed by atoms with E-state index < -0.39 is 5.41 Å². The summed E-state index contributed by atoms with van der Waals surface area (Å²) in [4.78, 5) is 10.5. The molecule has 2 aliphatic rings. The van der Waals surface area contributed by atoms with Crippen LogP contribution in [0.1, 0.15) is 22.3 Å². The molecule has 1 atom stereocenters. The van der Waals surface area contributed by atoms with Crippen molar-refractivity contribution in [3.8, 4) is 78.6 Å². The summed E-state index contributed by atoms with van der Waals surface area (Å²) in [6.45, 7) is 0. The number of aromatic nitrogens is 2. The Bertz CT molecular complexity index is 3220. The van der Waals surface area contributed by atoms with Gasteiger partial charge in [0.1, 0.15) is 11.3 Å². The number of rotatable bonds is 5. The molecule has 1 unspecified atom stereocenters. The third-order valence-corrected chi connectivity index (χ3v) is 12.2. The Morgan fingerprint density at radius 1 is 0.362 bits per heavy atom. The molecule has 0 saturated heterocycles. The predicted octanol–water partition coefficient (Wildman–Crippen LogP) is 13.9. The molecule has 0 bridgehead atoms. The second kappa shape index (κ2) is 12.7. The first kappa shape index (κ1) is 32.6. The van der Waals surface area contributed by atoms with Crippen molar-refractivity contribution in [3.05, 3.63) is 229 Å². The van der Waals surface area contributed by atoms with Crippen molar-refractivity contribution in [1.29, 1.82) is 0 Å². The molecule has 0 N–H and O–H groups in total. The Labute approximate surface area is 336 Å². The molecule has 270 valence electrons. The van der Waals surface area contributed by atoms with Gasteiger partial charge in [0, 0.05) is 33.2 Å². The average Bonchev–Trinajstić information content (AvgIpc) is 3.93. The van der Waals surface area contributed by atoms with Crippen LogP contribution in [0.4, 0.5) is 0 Å². The first-order chi connectivity index (χ1) is 28.8. The van der Waals surface area contributed by atoms with Crippen LogP contribution in [0.2, 0.25) is 0 Å². The molecule has 2 aliphatic carbocycles. The Hall–Kier alpha value is -7.62. The molecule has 3 heteroatoms. The van der Waals surface area contributed by atoms with Gasteiger partial charge >= 0.3 is 0 Å². The number of hydrogen-bond donors (Lipinski definition) is 0. The Balaban J connectivity index is 1.08. The quantitative estimate of drug-likeness (QED) is 0.176. The lowest BCUT2D eigenvalue weighted by Crippen LogP contribution is -2.25. The molecule has 0 amide bonds. The van der Waals surface area contributed by atoms with E-state index in [2.05, 4.69) is 188 Å². The predicted molar refractivity (Wildman–Crippen MR) is 235 cm³/mol. The zero-order valence-corrected chi connectivity index (χ0v) is 31.4. The number of benzene rings is 8. The van der Waals surface area contributed by atoms with Gasteiger partial charge in [-0.25, -0.2) is 9.97 Å². The Morgan fingerprint density at radius 3 is 1.67 bits per heavy atom. The number of para-hydroxylation sites is 1. The molecular weight excluding hydrogens is 705 g/mol. The van der Waals surface area contributed by atoms with Crippen LogP contribution in [0.5, 0.6) is 0 Å². The molecule has 58 heavy (non-hydrogen) atoms. The van der Waals surface area contributed by atoms with E-state index in [-0.39, 0.29) is 0 Å². The molecule has 0 radical (unpaired) electrons. The third-order valence-electron chi connectivity index (χ3n) is 12.2. The molecule has 2 aromatic heterocycles. The van der Waals surface area contributed by atoms with Crippen LogP contribution in [0.15, 0.2) is 211 Å². The van der Waals surface area contributed by atoms with Crippen molar-refractivity contribution < 1.29 is 4.42 Å². The van der Waals surface area contributed by atoms with E-state index in [9.17, 15) is 0 Å². The van der Waals surface area contributed by atoms with Crippen LogP contribution in [-0.4, -0.2) is 9.97 Å². The van der Waals surface area contributed by atoms with E-state index in [4.69, 9.17) is 14.4 Å². The van der Waals surface area contributed by atoms with E-state index in [0.717, 1.165) is 55.9 Å². The van der Waals surface area contributed by atoms with E-state index in [0.29, 0.717) is 5.82 Å². The van der Waals surface area contributed by atoms with Gasteiger partial charge in [-0.05, 0) is 62.2 Å². The second-order valence-electron chi connectivity index (χ2n) is 15.2. The van der Waals surface area contributed by atoms with Crippen LogP contribution < -0.4 is 0 Å². The Kier molecular flexibility index (Phi) is 7.14. The molecule has 12 rings (SSSR count). The van der Waals surface area contributed by atoms with E-state index in [1.165, 1.54) is 50.1 Å². The number of fused-ring (bicyclic) bond motifs is 12. The van der Waals surface area contributed by atoms with Crippen LogP contribution >= 0.6 is 0 Å². The summed E-state index contributed by atoms with van der Waals surface area (Å²) in [5, 5.41) is 1.15. The first-order valence-electron chi connectivity index (χ1n) is 19.8. The minimum Gasteiger partial charge on any atom is -0.456 e. The van der Waals surface area contributed by atoms with Crippen LogP contribution in [0.3, 0.4) is 0 Å². The number of hydrogen-bond acceptors (Lipinski definition) is 3. The van der Waals surface area contributed by atoms with Gasteiger partial charge in [0.15, 0.2) is 5.82 Å². The minimum absolute atomic E-state index is 0.538. The number of nitrogens with zero attached hydrogens (tertiary/aromatic N) is 2. The van der Waals surface area contributed by atoms with Crippen LogP contribution in [0, 0.1) is 0 Å². The average molecular weight is 739 g/mol. The maximum absolute atomic E-state index is 6.76. The zero-order chi connectivity index (χ0) is 38.2. The molecule has 1 spiro atoms.